The molecule has 0 spiro atoms. The fourth-order valence-corrected chi connectivity index (χ4v) is 3.47. The summed E-state index contributed by atoms with van der Waals surface area (Å²) in [4.78, 5) is 7.14. The standard InChI is InChI=1S/C21H30N4O.HI/c1-3-19-15-20(26-24-19)16-23-21(22-4-2)25-12-10-18(11-13-25)14-17-8-6-5-7-9-17;/h5-9,15,18H,3-4,10-14,16H2,1-2H3,(H,22,23);1H. The highest BCUT2D eigenvalue weighted by molar-refractivity contribution is 14.0. The fourth-order valence-electron chi connectivity index (χ4n) is 3.47. The predicted octanol–water partition coefficient (Wildman–Crippen LogP) is 4.28. The van der Waals surface area contributed by atoms with E-state index >= 15 is 0 Å². The van der Waals surface area contributed by atoms with Gasteiger partial charge in [0.05, 0.1) is 5.69 Å². The molecule has 1 fully saturated rings. The highest BCUT2D eigenvalue weighted by Gasteiger charge is 2.21. The van der Waals surface area contributed by atoms with Crippen molar-refractivity contribution in [2.24, 2.45) is 10.9 Å². The zero-order valence-electron chi connectivity index (χ0n) is 16.4. The first kappa shape index (κ1) is 21.7. The number of rotatable bonds is 6. The van der Waals surface area contributed by atoms with Gasteiger partial charge < -0.3 is 14.7 Å². The summed E-state index contributed by atoms with van der Waals surface area (Å²) in [5.74, 6) is 2.58. The Kier molecular flexibility index (Phi) is 9.10. The van der Waals surface area contributed by atoms with E-state index in [1.54, 1.807) is 0 Å². The largest absolute Gasteiger partial charge is 0.359 e. The average molecular weight is 482 g/mol. The SMILES string of the molecule is CCNC(=NCc1cc(CC)no1)N1CCC(Cc2ccccc2)CC1.I. The summed E-state index contributed by atoms with van der Waals surface area (Å²) < 4.78 is 5.35. The van der Waals surface area contributed by atoms with Crippen molar-refractivity contribution in [3.05, 3.63) is 53.4 Å². The van der Waals surface area contributed by atoms with Gasteiger partial charge in [-0.3, -0.25) is 0 Å². The van der Waals surface area contributed by atoms with Gasteiger partial charge in [-0.15, -0.1) is 24.0 Å². The molecule has 1 N–H and O–H groups in total. The molecule has 0 saturated carbocycles. The van der Waals surface area contributed by atoms with E-state index in [0.29, 0.717) is 6.54 Å². The predicted molar refractivity (Wildman–Crippen MR) is 121 cm³/mol. The third kappa shape index (κ3) is 6.52. The maximum absolute atomic E-state index is 5.35. The van der Waals surface area contributed by atoms with E-state index in [1.165, 1.54) is 24.8 Å². The molecule has 1 aromatic carbocycles. The van der Waals surface area contributed by atoms with Gasteiger partial charge in [0.25, 0.3) is 0 Å². The molecule has 2 heterocycles. The topological polar surface area (TPSA) is 53.7 Å². The fraction of sp³-hybridized carbons (Fsp3) is 0.524. The maximum Gasteiger partial charge on any atom is 0.194 e. The minimum atomic E-state index is 0. The van der Waals surface area contributed by atoms with Crippen LogP contribution in [0.5, 0.6) is 0 Å². The number of aliphatic imine (C=N–C) groups is 1. The van der Waals surface area contributed by atoms with Crippen molar-refractivity contribution in [2.75, 3.05) is 19.6 Å². The summed E-state index contributed by atoms with van der Waals surface area (Å²) in [5.41, 5.74) is 2.44. The van der Waals surface area contributed by atoms with E-state index in [2.05, 4.69) is 59.6 Å². The van der Waals surface area contributed by atoms with Gasteiger partial charge in [0.1, 0.15) is 6.54 Å². The van der Waals surface area contributed by atoms with E-state index in [9.17, 15) is 0 Å². The number of hydrogen-bond donors (Lipinski definition) is 1. The Bertz CT molecular complexity index is 693. The Labute approximate surface area is 179 Å². The second-order valence-corrected chi connectivity index (χ2v) is 6.93. The number of aromatic nitrogens is 1. The lowest BCUT2D eigenvalue weighted by atomic mass is 9.90. The van der Waals surface area contributed by atoms with E-state index in [1.807, 2.05) is 6.07 Å². The van der Waals surface area contributed by atoms with Crippen LogP contribution in [-0.2, 0) is 19.4 Å². The molecule has 1 aliphatic rings. The monoisotopic (exact) mass is 482 g/mol. The maximum atomic E-state index is 5.35. The van der Waals surface area contributed by atoms with Crippen molar-refractivity contribution in [3.8, 4) is 0 Å². The third-order valence-electron chi connectivity index (χ3n) is 4.97. The molecule has 148 valence electrons. The summed E-state index contributed by atoms with van der Waals surface area (Å²) in [6, 6.07) is 12.8. The zero-order chi connectivity index (χ0) is 18.2. The number of nitrogens with one attached hydrogen (secondary N) is 1. The molecule has 0 atom stereocenters. The summed E-state index contributed by atoms with van der Waals surface area (Å²) in [6.07, 6.45) is 4.49. The van der Waals surface area contributed by atoms with Crippen LogP contribution in [0.4, 0.5) is 0 Å². The van der Waals surface area contributed by atoms with Crippen molar-refractivity contribution >= 4 is 29.9 Å². The van der Waals surface area contributed by atoms with Crippen LogP contribution in [-0.4, -0.2) is 35.7 Å². The first-order valence-corrected chi connectivity index (χ1v) is 9.80. The van der Waals surface area contributed by atoms with Gasteiger partial charge in [-0.2, -0.15) is 0 Å². The van der Waals surface area contributed by atoms with E-state index in [0.717, 1.165) is 49.4 Å². The molecule has 6 heteroatoms. The van der Waals surface area contributed by atoms with Crippen LogP contribution in [0.25, 0.3) is 0 Å². The molecular weight excluding hydrogens is 451 g/mol. The number of piperidine rings is 1. The zero-order valence-corrected chi connectivity index (χ0v) is 18.7. The van der Waals surface area contributed by atoms with Crippen LogP contribution in [0.1, 0.15) is 43.7 Å². The second kappa shape index (κ2) is 11.3. The number of nitrogens with zero attached hydrogens (tertiary/aromatic N) is 3. The van der Waals surface area contributed by atoms with Gasteiger partial charge in [-0.1, -0.05) is 42.4 Å². The Morgan fingerprint density at radius 2 is 1.96 bits per heavy atom. The lowest BCUT2D eigenvalue weighted by molar-refractivity contribution is 0.258. The molecule has 0 unspecified atom stereocenters. The molecule has 2 aromatic rings. The van der Waals surface area contributed by atoms with Crippen LogP contribution < -0.4 is 5.32 Å². The van der Waals surface area contributed by atoms with Gasteiger partial charge >= 0.3 is 0 Å². The van der Waals surface area contributed by atoms with Crippen molar-refractivity contribution < 1.29 is 4.52 Å². The van der Waals surface area contributed by atoms with Crippen LogP contribution in [0.3, 0.4) is 0 Å². The number of aryl methyl sites for hydroxylation is 1. The number of halogens is 1. The Balaban J connectivity index is 0.00000261. The summed E-state index contributed by atoms with van der Waals surface area (Å²) in [7, 11) is 0. The molecule has 27 heavy (non-hydrogen) atoms. The Morgan fingerprint density at radius 1 is 1.22 bits per heavy atom. The van der Waals surface area contributed by atoms with Gasteiger partial charge in [0.15, 0.2) is 11.7 Å². The second-order valence-electron chi connectivity index (χ2n) is 6.93. The van der Waals surface area contributed by atoms with Gasteiger partial charge in [-0.05, 0) is 44.1 Å². The molecule has 0 aliphatic carbocycles. The van der Waals surface area contributed by atoms with Crippen molar-refractivity contribution in [1.82, 2.24) is 15.4 Å². The van der Waals surface area contributed by atoms with Crippen molar-refractivity contribution in [2.45, 2.75) is 46.1 Å². The van der Waals surface area contributed by atoms with Gasteiger partial charge in [-0.25, -0.2) is 4.99 Å². The number of guanidine groups is 1. The number of benzene rings is 1. The molecule has 0 radical (unpaired) electrons. The molecular formula is C21H31IN4O. The van der Waals surface area contributed by atoms with Crippen LogP contribution in [0, 0.1) is 5.92 Å². The van der Waals surface area contributed by atoms with Crippen LogP contribution >= 0.6 is 24.0 Å². The molecule has 1 aromatic heterocycles. The van der Waals surface area contributed by atoms with E-state index < -0.39 is 0 Å². The van der Waals surface area contributed by atoms with Crippen LogP contribution in [0.15, 0.2) is 45.9 Å². The first-order valence-electron chi connectivity index (χ1n) is 9.80. The molecule has 5 nitrogen and oxygen atoms in total. The summed E-state index contributed by atoms with van der Waals surface area (Å²) >= 11 is 0. The van der Waals surface area contributed by atoms with Gasteiger partial charge in [0, 0.05) is 25.7 Å². The highest BCUT2D eigenvalue weighted by atomic mass is 127. The van der Waals surface area contributed by atoms with E-state index in [4.69, 9.17) is 9.52 Å². The van der Waals surface area contributed by atoms with Gasteiger partial charge in [0.2, 0.25) is 0 Å². The molecule has 1 saturated heterocycles. The number of hydrogen-bond acceptors (Lipinski definition) is 3. The lowest BCUT2D eigenvalue weighted by Gasteiger charge is -2.34. The summed E-state index contributed by atoms with van der Waals surface area (Å²) in [5, 5.41) is 7.46. The van der Waals surface area contributed by atoms with Crippen LogP contribution in [0.2, 0.25) is 0 Å². The molecule has 1 aliphatic heterocycles. The van der Waals surface area contributed by atoms with Crippen molar-refractivity contribution in [1.29, 1.82) is 0 Å². The molecule has 0 amide bonds. The highest BCUT2D eigenvalue weighted by Crippen LogP contribution is 2.21. The Morgan fingerprint density at radius 3 is 2.59 bits per heavy atom. The minimum Gasteiger partial charge on any atom is -0.359 e. The summed E-state index contributed by atoms with van der Waals surface area (Å²) in [6.45, 7) is 7.72. The lowest BCUT2D eigenvalue weighted by Crippen LogP contribution is -2.45. The first-order chi connectivity index (χ1) is 12.8. The minimum absolute atomic E-state index is 0. The van der Waals surface area contributed by atoms with E-state index in [-0.39, 0.29) is 24.0 Å². The smallest absolute Gasteiger partial charge is 0.194 e. The Hall–Kier alpha value is -1.57. The number of likely N-dealkylation sites (tertiary alicyclic amines) is 1. The molecule has 0 bridgehead atoms. The van der Waals surface area contributed by atoms with Crippen molar-refractivity contribution in [3.63, 3.8) is 0 Å². The average Bonchev–Trinajstić information content (AvgIpc) is 3.15. The normalized spacial score (nSPS) is 15.5. The third-order valence-corrected chi connectivity index (χ3v) is 4.97. The quantitative estimate of drug-likeness (QED) is 0.380. The molecule has 3 rings (SSSR count).